The molecule has 37 heavy (non-hydrogen) atoms. The van der Waals surface area contributed by atoms with E-state index in [2.05, 4.69) is 38.2 Å². The predicted octanol–water partition coefficient (Wildman–Crippen LogP) is 6.00. The van der Waals surface area contributed by atoms with Gasteiger partial charge in [0.05, 0.1) is 12.7 Å². The van der Waals surface area contributed by atoms with Crippen molar-refractivity contribution in [3.8, 4) is 0 Å². The van der Waals surface area contributed by atoms with Crippen LogP contribution in [0, 0.1) is 17.8 Å². The first-order valence-corrected chi connectivity index (χ1v) is 14.7. The molecule has 0 saturated carbocycles. The lowest BCUT2D eigenvalue weighted by Gasteiger charge is -2.28. The van der Waals surface area contributed by atoms with Crippen molar-refractivity contribution in [1.29, 1.82) is 0 Å². The van der Waals surface area contributed by atoms with Gasteiger partial charge in [-0.15, -0.1) is 0 Å². The van der Waals surface area contributed by atoms with Crippen LogP contribution in [0.15, 0.2) is 36.5 Å². The summed E-state index contributed by atoms with van der Waals surface area (Å²) < 4.78 is 12.2. The van der Waals surface area contributed by atoms with E-state index >= 15 is 0 Å². The number of unbranched alkanes of at least 4 members (excludes halogenated alkanes) is 2. The van der Waals surface area contributed by atoms with Crippen LogP contribution in [0.4, 0.5) is 0 Å². The third-order valence-corrected chi connectivity index (χ3v) is 7.42. The first kappa shape index (κ1) is 31.5. The summed E-state index contributed by atoms with van der Waals surface area (Å²) in [6.07, 6.45) is 22.7. The van der Waals surface area contributed by atoms with Gasteiger partial charge in [-0.3, -0.25) is 9.59 Å². The van der Waals surface area contributed by atoms with Gasteiger partial charge in [0.15, 0.2) is 12.1 Å². The minimum Gasteiger partial charge on any atom is -0.395 e. The van der Waals surface area contributed by atoms with Crippen LogP contribution in [0.2, 0.25) is 0 Å². The number of ketones is 1. The average Bonchev–Trinajstić information content (AvgIpc) is 3.25. The lowest BCUT2D eigenvalue weighted by Crippen LogP contribution is -2.33. The van der Waals surface area contributed by atoms with E-state index in [0.29, 0.717) is 25.4 Å². The zero-order valence-electron chi connectivity index (χ0n) is 23.5. The van der Waals surface area contributed by atoms with Crippen molar-refractivity contribution in [3.05, 3.63) is 36.5 Å². The van der Waals surface area contributed by atoms with E-state index < -0.39 is 0 Å². The Kier molecular flexibility index (Phi) is 15.7. The number of rotatable bonds is 18. The smallest absolute Gasteiger partial charge is 0.222 e. The van der Waals surface area contributed by atoms with Crippen LogP contribution in [-0.4, -0.2) is 60.4 Å². The van der Waals surface area contributed by atoms with Crippen LogP contribution in [-0.2, 0) is 19.1 Å². The van der Waals surface area contributed by atoms with Gasteiger partial charge < -0.3 is 19.5 Å². The molecule has 210 valence electrons. The molecule has 2 rings (SSSR count). The molecule has 1 fully saturated rings. The summed E-state index contributed by atoms with van der Waals surface area (Å²) in [5.41, 5.74) is 0. The zero-order chi connectivity index (χ0) is 26.9. The predicted molar refractivity (Wildman–Crippen MR) is 149 cm³/mol. The number of carbonyl (C=O) groups excluding carboxylic acids is 2. The number of hydrogen-bond donors (Lipinski definition) is 1. The van der Waals surface area contributed by atoms with E-state index in [-0.39, 0.29) is 42.5 Å². The molecule has 6 heteroatoms. The van der Waals surface area contributed by atoms with Crippen LogP contribution in [0.3, 0.4) is 0 Å². The Balaban J connectivity index is 1.86. The number of likely N-dealkylation sites (N-methyl/N-ethyl adjacent to an activating group) is 1. The van der Waals surface area contributed by atoms with Gasteiger partial charge in [0.2, 0.25) is 5.91 Å². The van der Waals surface area contributed by atoms with Crippen LogP contribution in [0.25, 0.3) is 0 Å². The molecule has 1 heterocycles. The molecule has 0 radical (unpaired) electrons. The fourth-order valence-corrected chi connectivity index (χ4v) is 5.11. The highest BCUT2D eigenvalue weighted by molar-refractivity contribution is 5.95. The molecule has 0 aromatic carbocycles. The molecule has 6 nitrogen and oxygen atoms in total. The minimum atomic E-state index is -0.146. The number of carbonyl (C=O) groups is 2. The molecule has 1 aliphatic heterocycles. The second-order valence-corrected chi connectivity index (χ2v) is 10.6. The van der Waals surface area contributed by atoms with Gasteiger partial charge >= 0.3 is 0 Å². The molecule has 1 amide bonds. The molecule has 1 N–H and O–H groups in total. The highest BCUT2D eigenvalue weighted by Crippen LogP contribution is 2.29. The summed E-state index contributed by atoms with van der Waals surface area (Å²) in [5.74, 6) is 0.835. The summed E-state index contributed by atoms with van der Waals surface area (Å²) in [7, 11) is 0. The Labute approximate surface area is 225 Å². The lowest BCUT2D eigenvalue weighted by atomic mass is 9.90. The number of aliphatic hydroxyl groups is 1. The third kappa shape index (κ3) is 12.1. The van der Waals surface area contributed by atoms with Gasteiger partial charge in [0.1, 0.15) is 0 Å². The topological polar surface area (TPSA) is 76.1 Å². The molecular formula is C31H51NO5. The van der Waals surface area contributed by atoms with Gasteiger partial charge in [-0.25, -0.2) is 0 Å². The maximum Gasteiger partial charge on any atom is 0.222 e. The fourth-order valence-electron chi connectivity index (χ4n) is 5.11. The maximum atomic E-state index is 12.6. The van der Waals surface area contributed by atoms with Crippen molar-refractivity contribution in [1.82, 2.24) is 4.90 Å². The average molecular weight is 518 g/mol. The number of hydrogen-bond acceptors (Lipinski definition) is 5. The maximum absolute atomic E-state index is 12.6. The quantitative estimate of drug-likeness (QED) is 0.178. The molecule has 2 aliphatic rings. The van der Waals surface area contributed by atoms with Gasteiger partial charge in [0.25, 0.3) is 0 Å². The molecule has 1 unspecified atom stereocenters. The number of ether oxygens (including phenoxy) is 2. The number of allylic oxidation sites excluding steroid dienone is 5. The standard InChI is InChI=1S/C31H51NO5/c1-4-6-13-25(3)24-27(37-31-16-11-12-23-36-31)18-19-28-26(17-20-29(28)34)14-9-7-8-10-15-30(35)32(5-2)21-22-33/h7,9,17-20,25-28,31,33H,4-6,8,10-16,21-24H2,1-3H3/b9-7-,19-18+/t25-,26+,27+,28-,31?/m1/s1. The molecule has 1 aliphatic carbocycles. The molecular weight excluding hydrogens is 466 g/mol. The molecule has 0 aromatic heterocycles. The molecule has 0 spiro atoms. The summed E-state index contributed by atoms with van der Waals surface area (Å²) >= 11 is 0. The van der Waals surface area contributed by atoms with Crippen molar-refractivity contribution in [2.45, 2.75) is 104 Å². The highest BCUT2D eigenvalue weighted by atomic mass is 16.7. The highest BCUT2D eigenvalue weighted by Gasteiger charge is 2.28. The lowest BCUT2D eigenvalue weighted by molar-refractivity contribution is -0.181. The Morgan fingerprint density at radius 3 is 2.81 bits per heavy atom. The van der Waals surface area contributed by atoms with Gasteiger partial charge in [-0.05, 0) is 69.8 Å². The summed E-state index contributed by atoms with van der Waals surface area (Å²) in [6, 6.07) is 0. The van der Waals surface area contributed by atoms with Gasteiger partial charge in [-0.2, -0.15) is 0 Å². The van der Waals surface area contributed by atoms with Crippen LogP contribution < -0.4 is 0 Å². The van der Waals surface area contributed by atoms with Crippen molar-refractivity contribution in [3.63, 3.8) is 0 Å². The number of amides is 1. The van der Waals surface area contributed by atoms with E-state index in [1.54, 1.807) is 11.0 Å². The van der Waals surface area contributed by atoms with Crippen molar-refractivity contribution in [2.75, 3.05) is 26.3 Å². The molecule has 1 saturated heterocycles. The van der Waals surface area contributed by atoms with E-state index in [1.807, 2.05) is 13.0 Å². The van der Waals surface area contributed by atoms with E-state index in [4.69, 9.17) is 14.6 Å². The first-order valence-electron chi connectivity index (χ1n) is 14.7. The van der Waals surface area contributed by atoms with Crippen molar-refractivity contribution in [2.24, 2.45) is 17.8 Å². The Hall–Kier alpha value is -1.76. The van der Waals surface area contributed by atoms with Crippen LogP contribution in [0.5, 0.6) is 0 Å². The van der Waals surface area contributed by atoms with Gasteiger partial charge in [0, 0.05) is 32.0 Å². The first-order chi connectivity index (χ1) is 18.0. The van der Waals surface area contributed by atoms with E-state index in [0.717, 1.165) is 51.6 Å². The molecule has 0 aromatic rings. The second-order valence-electron chi connectivity index (χ2n) is 10.6. The second kappa shape index (κ2) is 18.5. The minimum absolute atomic E-state index is 0.00182. The molecule has 5 atom stereocenters. The monoisotopic (exact) mass is 517 g/mol. The largest absolute Gasteiger partial charge is 0.395 e. The Bertz CT molecular complexity index is 740. The Morgan fingerprint density at radius 1 is 1.27 bits per heavy atom. The molecule has 0 bridgehead atoms. The van der Waals surface area contributed by atoms with Crippen molar-refractivity contribution < 1.29 is 24.2 Å². The van der Waals surface area contributed by atoms with Crippen LogP contribution >= 0.6 is 0 Å². The normalized spacial score (nSPS) is 23.8. The SMILES string of the molecule is CCCC[C@@H](C)C[C@H](/C=C/[C@H]1C(=O)C=C[C@@H]1C/C=C\CCCC(=O)N(CC)CCO)OC1CCCCO1. The van der Waals surface area contributed by atoms with E-state index in [1.165, 1.54) is 19.3 Å². The fraction of sp³-hybridized carbons (Fsp3) is 0.742. The number of nitrogens with zero attached hydrogens (tertiary/aromatic N) is 1. The third-order valence-electron chi connectivity index (χ3n) is 7.42. The zero-order valence-corrected chi connectivity index (χ0v) is 23.5. The van der Waals surface area contributed by atoms with Crippen molar-refractivity contribution >= 4 is 11.7 Å². The summed E-state index contributed by atoms with van der Waals surface area (Å²) in [4.78, 5) is 26.5. The van der Waals surface area contributed by atoms with Gasteiger partial charge in [-0.1, -0.05) is 63.5 Å². The van der Waals surface area contributed by atoms with E-state index in [9.17, 15) is 9.59 Å². The Morgan fingerprint density at radius 2 is 2.11 bits per heavy atom. The van der Waals surface area contributed by atoms with Crippen LogP contribution in [0.1, 0.15) is 91.4 Å². The number of aliphatic hydroxyl groups excluding tert-OH is 1. The summed E-state index contributed by atoms with van der Waals surface area (Å²) in [5, 5.41) is 9.06. The summed E-state index contributed by atoms with van der Waals surface area (Å²) in [6.45, 7) is 8.24.